The van der Waals surface area contributed by atoms with E-state index in [1.54, 1.807) is 0 Å². The van der Waals surface area contributed by atoms with Crippen molar-refractivity contribution < 1.29 is 0 Å². The van der Waals surface area contributed by atoms with Crippen LogP contribution in [0.3, 0.4) is 0 Å². The van der Waals surface area contributed by atoms with E-state index < -0.39 is 0 Å². The van der Waals surface area contributed by atoms with E-state index in [1.807, 2.05) is 0 Å². The average Bonchev–Trinajstić information content (AvgIpc) is 2.19. The molecule has 1 N–H and O–H groups in total. The molecule has 2 atom stereocenters. The Morgan fingerprint density at radius 3 is 2.67 bits per heavy atom. The molecule has 2 unspecified atom stereocenters. The maximum atomic E-state index is 5.61. The van der Waals surface area contributed by atoms with E-state index in [9.17, 15) is 0 Å². The third-order valence-corrected chi connectivity index (χ3v) is 3.31. The molecule has 2 heteroatoms. The van der Waals surface area contributed by atoms with Crippen molar-refractivity contribution in [2.45, 2.75) is 58.2 Å². The Hall–Kier alpha value is -0.520. The van der Waals surface area contributed by atoms with Gasteiger partial charge in [-0.3, -0.25) is 4.90 Å². The molecule has 0 aromatic rings. The van der Waals surface area contributed by atoms with E-state index in [1.165, 1.54) is 6.42 Å². The van der Waals surface area contributed by atoms with Gasteiger partial charge in [0.05, 0.1) is 6.04 Å². The molecule has 2 nitrogen and oxygen atoms in total. The Kier molecular flexibility index (Phi) is 4.19. The third kappa shape index (κ3) is 2.96. The Morgan fingerprint density at radius 1 is 1.53 bits per heavy atom. The van der Waals surface area contributed by atoms with Gasteiger partial charge >= 0.3 is 0 Å². The predicted molar refractivity (Wildman–Crippen MR) is 65.8 cm³/mol. The summed E-state index contributed by atoms with van der Waals surface area (Å²) in [4.78, 5) is 2.50. The van der Waals surface area contributed by atoms with Crippen LogP contribution < -0.4 is 5.32 Å². The fourth-order valence-corrected chi connectivity index (χ4v) is 2.34. The fourth-order valence-electron chi connectivity index (χ4n) is 2.34. The van der Waals surface area contributed by atoms with Crippen LogP contribution in [-0.4, -0.2) is 35.6 Å². The van der Waals surface area contributed by atoms with Crippen LogP contribution >= 0.6 is 0 Å². The maximum Gasteiger partial charge on any atom is 0.0712 e. The van der Waals surface area contributed by atoms with E-state index in [4.69, 9.17) is 6.42 Å². The molecule has 0 saturated carbocycles. The van der Waals surface area contributed by atoms with Gasteiger partial charge in [0.25, 0.3) is 0 Å². The first-order valence-electron chi connectivity index (χ1n) is 6.01. The lowest BCUT2D eigenvalue weighted by Crippen LogP contribution is -2.63. The maximum absolute atomic E-state index is 5.61. The summed E-state index contributed by atoms with van der Waals surface area (Å²) in [5.41, 5.74) is 0.190. The molecular weight excluding hydrogens is 184 g/mol. The van der Waals surface area contributed by atoms with E-state index in [0.717, 1.165) is 19.5 Å². The Labute approximate surface area is 94.4 Å². The molecule has 1 rings (SSSR count). The van der Waals surface area contributed by atoms with Crippen molar-refractivity contribution in [3.8, 4) is 12.3 Å². The van der Waals surface area contributed by atoms with Gasteiger partial charge < -0.3 is 5.32 Å². The molecule has 86 valence electrons. The summed E-state index contributed by atoms with van der Waals surface area (Å²) in [7, 11) is 0. The molecule has 1 aliphatic rings. The number of terminal acetylenes is 1. The zero-order valence-corrected chi connectivity index (χ0v) is 10.5. The van der Waals surface area contributed by atoms with Gasteiger partial charge in [-0.05, 0) is 26.7 Å². The molecule has 15 heavy (non-hydrogen) atoms. The zero-order valence-electron chi connectivity index (χ0n) is 10.5. The van der Waals surface area contributed by atoms with Crippen LogP contribution in [-0.2, 0) is 0 Å². The van der Waals surface area contributed by atoms with Crippen LogP contribution in [0, 0.1) is 12.3 Å². The highest BCUT2D eigenvalue weighted by Gasteiger charge is 2.34. The molecular formula is C13H24N2. The highest BCUT2D eigenvalue weighted by molar-refractivity contribution is 5.04. The molecule has 0 aliphatic carbocycles. The lowest BCUT2D eigenvalue weighted by molar-refractivity contribution is 0.0705. The second-order valence-electron chi connectivity index (χ2n) is 5.09. The molecule has 0 aromatic heterocycles. The number of hydrogen-bond acceptors (Lipinski definition) is 2. The van der Waals surface area contributed by atoms with E-state index in [-0.39, 0.29) is 5.54 Å². The number of piperazine rings is 1. The topological polar surface area (TPSA) is 15.3 Å². The minimum absolute atomic E-state index is 0.190. The van der Waals surface area contributed by atoms with Gasteiger partial charge in [-0.2, -0.15) is 0 Å². The minimum atomic E-state index is 0.190. The predicted octanol–water partition coefficient (Wildman–Crippen LogP) is 1.86. The molecule has 1 aliphatic heterocycles. The third-order valence-electron chi connectivity index (χ3n) is 3.31. The van der Waals surface area contributed by atoms with Crippen molar-refractivity contribution in [3.63, 3.8) is 0 Å². The van der Waals surface area contributed by atoms with Gasteiger partial charge in [0.2, 0.25) is 0 Å². The summed E-state index contributed by atoms with van der Waals surface area (Å²) in [6.07, 6.45) is 7.82. The molecule has 0 bridgehead atoms. The Balaban J connectivity index is 2.76. The quantitative estimate of drug-likeness (QED) is 0.712. The number of rotatable bonds is 3. The first-order valence-corrected chi connectivity index (χ1v) is 6.01. The van der Waals surface area contributed by atoms with Gasteiger partial charge in [-0.1, -0.05) is 19.8 Å². The smallest absolute Gasteiger partial charge is 0.0712 e. The Bertz CT molecular complexity index is 239. The standard InChI is InChI=1S/C13H24N2/c1-6-11(7-2)15-10-13(4,5)14-9-12(15)8-3/h1,11-12,14H,7-10H2,2-5H3. The lowest BCUT2D eigenvalue weighted by Gasteiger charge is -2.46. The van der Waals surface area contributed by atoms with Crippen LogP contribution in [0.25, 0.3) is 0 Å². The lowest BCUT2D eigenvalue weighted by atomic mass is 9.95. The van der Waals surface area contributed by atoms with Gasteiger partial charge in [-0.15, -0.1) is 6.42 Å². The van der Waals surface area contributed by atoms with Crippen molar-refractivity contribution in [1.82, 2.24) is 10.2 Å². The van der Waals surface area contributed by atoms with Gasteiger partial charge in [0, 0.05) is 24.7 Å². The first-order chi connectivity index (χ1) is 7.04. The van der Waals surface area contributed by atoms with Crippen LogP contribution in [0.1, 0.15) is 40.5 Å². The molecule has 0 amide bonds. The second-order valence-corrected chi connectivity index (χ2v) is 5.09. The first kappa shape index (κ1) is 12.5. The fraction of sp³-hybridized carbons (Fsp3) is 0.846. The molecule has 0 spiro atoms. The summed E-state index contributed by atoms with van der Waals surface area (Å²) < 4.78 is 0. The summed E-state index contributed by atoms with van der Waals surface area (Å²) in [6.45, 7) is 11.0. The summed E-state index contributed by atoms with van der Waals surface area (Å²) in [6, 6.07) is 0.898. The van der Waals surface area contributed by atoms with Crippen molar-refractivity contribution in [1.29, 1.82) is 0 Å². The number of nitrogens with one attached hydrogen (secondary N) is 1. The molecule has 1 heterocycles. The van der Waals surface area contributed by atoms with Crippen molar-refractivity contribution in [2.24, 2.45) is 0 Å². The van der Waals surface area contributed by atoms with Crippen LogP contribution in [0.5, 0.6) is 0 Å². The van der Waals surface area contributed by atoms with Gasteiger partial charge in [0.1, 0.15) is 0 Å². The second kappa shape index (κ2) is 5.01. The zero-order chi connectivity index (χ0) is 11.5. The minimum Gasteiger partial charge on any atom is -0.309 e. The summed E-state index contributed by atoms with van der Waals surface area (Å²) in [5.74, 6) is 2.92. The normalized spacial score (nSPS) is 28.3. The summed E-state index contributed by atoms with van der Waals surface area (Å²) >= 11 is 0. The van der Waals surface area contributed by atoms with Crippen molar-refractivity contribution >= 4 is 0 Å². The molecule has 0 radical (unpaired) electrons. The molecule has 0 aromatic carbocycles. The monoisotopic (exact) mass is 208 g/mol. The highest BCUT2D eigenvalue weighted by atomic mass is 15.3. The van der Waals surface area contributed by atoms with Gasteiger partial charge in [-0.25, -0.2) is 0 Å². The van der Waals surface area contributed by atoms with E-state index >= 15 is 0 Å². The van der Waals surface area contributed by atoms with Crippen molar-refractivity contribution in [3.05, 3.63) is 0 Å². The SMILES string of the molecule is C#CC(CC)N1CC(C)(C)NCC1CC. The van der Waals surface area contributed by atoms with E-state index in [0.29, 0.717) is 12.1 Å². The highest BCUT2D eigenvalue weighted by Crippen LogP contribution is 2.20. The molecule has 1 saturated heterocycles. The largest absolute Gasteiger partial charge is 0.309 e. The van der Waals surface area contributed by atoms with Crippen LogP contribution in [0.15, 0.2) is 0 Å². The van der Waals surface area contributed by atoms with Crippen LogP contribution in [0.2, 0.25) is 0 Å². The van der Waals surface area contributed by atoms with Gasteiger partial charge in [0.15, 0.2) is 0 Å². The van der Waals surface area contributed by atoms with E-state index in [2.05, 4.69) is 43.8 Å². The molecule has 1 fully saturated rings. The Morgan fingerprint density at radius 2 is 2.20 bits per heavy atom. The van der Waals surface area contributed by atoms with Crippen LogP contribution in [0.4, 0.5) is 0 Å². The summed E-state index contributed by atoms with van der Waals surface area (Å²) in [5, 5.41) is 3.58. The van der Waals surface area contributed by atoms with Crippen molar-refractivity contribution in [2.75, 3.05) is 13.1 Å². The average molecular weight is 208 g/mol. The number of hydrogen-bond donors (Lipinski definition) is 1. The number of nitrogens with zero attached hydrogens (tertiary/aromatic N) is 1.